The SMILES string of the molecule is COC1(C(=O)NC2CCCc3ccccc32)CCN(C(=O)C2CCOCC2)CC1.O=CO. The highest BCUT2D eigenvalue weighted by Gasteiger charge is 2.44. The number of carbonyl (C=O) groups excluding carboxylic acids is 2. The number of hydrogen-bond acceptors (Lipinski definition) is 5. The van der Waals surface area contributed by atoms with Crippen LogP contribution in [0.3, 0.4) is 0 Å². The Morgan fingerprint density at radius 2 is 1.84 bits per heavy atom. The van der Waals surface area contributed by atoms with Gasteiger partial charge in [-0.25, -0.2) is 0 Å². The first-order chi connectivity index (χ1) is 15.5. The molecule has 32 heavy (non-hydrogen) atoms. The van der Waals surface area contributed by atoms with Crippen molar-refractivity contribution < 1.29 is 29.0 Å². The average molecular weight is 447 g/mol. The van der Waals surface area contributed by atoms with E-state index in [0.29, 0.717) is 39.1 Å². The molecule has 0 radical (unpaired) electrons. The molecule has 1 atom stereocenters. The largest absolute Gasteiger partial charge is 0.483 e. The van der Waals surface area contributed by atoms with Crippen molar-refractivity contribution in [2.45, 2.75) is 56.6 Å². The molecule has 8 heteroatoms. The molecule has 1 aliphatic carbocycles. The predicted molar refractivity (Wildman–Crippen MR) is 118 cm³/mol. The van der Waals surface area contributed by atoms with E-state index < -0.39 is 5.60 Å². The van der Waals surface area contributed by atoms with Crippen molar-refractivity contribution in [2.75, 3.05) is 33.4 Å². The zero-order valence-corrected chi connectivity index (χ0v) is 18.8. The summed E-state index contributed by atoms with van der Waals surface area (Å²) in [7, 11) is 1.62. The van der Waals surface area contributed by atoms with Crippen LogP contribution >= 0.6 is 0 Å². The summed E-state index contributed by atoms with van der Waals surface area (Å²) >= 11 is 0. The number of rotatable bonds is 4. The number of piperidine rings is 1. The maximum absolute atomic E-state index is 13.3. The Morgan fingerprint density at radius 1 is 1.19 bits per heavy atom. The summed E-state index contributed by atoms with van der Waals surface area (Å²) in [5.74, 6) is 0.228. The zero-order valence-electron chi connectivity index (χ0n) is 18.8. The zero-order chi connectivity index (χ0) is 23.0. The van der Waals surface area contributed by atoms with Crippen LogP contribution in [0.4, 0.5) is 0 Å². The van der Waals surface area contributed by atoms with Crippen LogP contribution in [-0.4, -0.2) is 67.3 Å². The van der Waals surface area contributed by atoms with Gasteiger partial charge < -0.3 is 24.8 Å². The summed E-state index contributed by atoms with van der Waals surface area (Å²) in [5, 5.41) is 10.1. The highest BCUT2D eigenvalue weighted by molar-refractivity contribution is 5.86. The van der Waals surface area contributed by atoms with E-state index in [-0.39, 0.29) is 30.2 Å². The lowest BCUT2D eigenvalue weighted by Gasteiger charge is -2.41. The monoisotopic (exact) mass is 446 g/mol. The van der Waals surface area contributed by atoms with Crippen LogP contribution < -0.4 is 5.32 Å². The lowest BCUT2D eigenvalue weighted by Crippen LogP contribution is -2.57. The van der Waals surface area contributed by atoms with Gasteiger partial charge >= 0.3 is 0 Å². The summed E-state index contributed by atoms with van der Waals surface area (Å²) in [4.78, 5) is 36.3. The van der Waals surface area contributed by atoms with Crippen molar-refractivity contribution in [3.05, 3.63) is 35.4 Å². The normalized spacial score (nSPS) is 22.7. The number of aryl methyl sites for hydroxylation is 1. The molecule has 1 aromatic carbocycles. The van der Waals surface area contributed by atoms with Crippen LogP contribution in [-0.2, 0) is 30.3 Å². The van der Waals surface area contributed by atoms with Gasteiger partial charge in [0, 0.05) is 52.2 Å². The minimum Gasteiger partial charge on any atom is -0.483 e. The Bertz CT molecular complexity index is 784. The van der Waals surface area contributed by atoms with Gasteiger partial charge in [0.15, 0.2) is 0 Å². The molecule has 176 valence electrons. The minimum absolute atomic E-state index is 0.0418. The van der Waals surface area contributed by atoms with Crippen molar-refractivity contribution in [3.63, 3.8) is 0 Å². The molecule has 0 spiro atoms. The molecule has 2 N–H and O–H groups in total. The first kappa shape index (κ1) is 24.2. The number of hydrogen-bond donors (Lipinski definition) is 2. The van der Waals surface area contributed by atoms with E-state index in [0.717, 1.165) is 32.1 Å². The van der Waals surface area contributed by atoms with Crippen LogP contribution in [0.5, 0.6) is 0 Å². The van der Waals surface area contributed by atoms with Crippen LogP contribution in [0, 0.1) is 5.92 Å². The second-order valence-corrected chi connectivity index (χ2v) is 8.63. The third kappa shape index (κ3) is 5.48. The Labute approximate surface area is 189 Å². The fourth-order valence-corrected chi connectivity index (χ4v) is 5.01. The third-order valence-electron chi connectivity index (χ3n) is 6.93. The third-order valence-corrected chi connectivity index (χ3v) is 6.93. The molecular formula is C24H34N2O6. The van der Waals surface area contributed by atoms with Gasteiger partial charge in [-0.2, -0.15) is 0 Å². The average Bonchev–Trinajstić information content (AvgIpc) is 2.85. The van der Waals surface area contributed by atoms with Gasteiger partial charge in [-0.3, -0.25) is 14.4 Å². The number of benzene rings is 1. The first-order valence-electron chi connectivity index (χ1n) is 11.4. The van der Waals surface area contributed by atoms with Gasteiger partial charge in [0.1, 0.15) is 5.60 Å². The number of nitrogens with zero attached hydrogens (tertiary/aromatic N) is 1. The lowest BCUT2D eigenvalue weighted by atomic mass is 9.85. The van der Waals surface area contributed by atoms with E-state index in [1.54, 1.807) is 7.11 Å². The maximum Gasteiger partial charge on any atom is 0.290 e. The van der Waals surface area contributed by atoms with Crippen LogP contribution in [0.15, 0.2) is 24.3 Å². The molecule has 0 saturated carbocycles. The topological polar surface area (TPSA) is 105 Å². The fraction of sp³-hybridized carbons (Fsp3) is 0.625. The van der Waals surface area contributed by atoms with Crippen molar-refractivity contribution >= 4 is 18.3 Å². The van der Waals surface area contributed by atoms with Gasteiger partial charge in [-0.15, -0.1) is 0 Å². The van der Waals surface area contributed by atoms with Gasteiger partial charge in [0.05, 0.1) is 6.04 Å². The number of amides is 2. The molecule has 0 bridgehead atoms. The molecule has 3 aliphatic rings. The highest BCUT2D eigenvalue weighted by atomic mass is 16.5. The summed E-state index contributed by atoms with van der Waals surface area (Å²) in [6.07, 6.45) is 5.78. The summed E-state index contributed by atoms with van der Waals surface area (Å²) < 4.78 is 11.1. The Kier molecular flexibility index (Phi) is 8.64. The summed E-state index contributed by atoms with van der Waals surface area (Å²) in [5.41, 5.74) is 1.71. The van der Waals surface area contributed by atoms with Crippen molar-refractivity contribution in [2.24, 2.45) is 5.92 Å². The van der Waals surface area contributed by atoms with Crippen LogP contribution in [0.25, 0.3) is 0 Å². The number of carbonyl (C=O) groups is 3. The van der Waals surface area contributed by atoms with Gasteiger partial charge in [-0.1, -0.05) is 24.3 Å². The van der Waals surface area contributed by atoms with Crippen LogP contribution in [0.1, 0.15) is 55.7 Å². The minimum atomic E-state index is -0.848. The molecular weight excluding hydrogens is 412 g/mol. The molecule has 2 heterocycles. The number of ether oxygens (including phenoxy) is 2. The van der Waals surface area contributed by atoms with Gasteiger partial charge in [-0.05, 0) is 43.2 Å². The van der Waals surface area contributed by atoms with E-state index in [4.69, 9.17) is 19.4 Å². The Morgan fingerprint density at radius 3 is 2.50 bits per heavy atom. The standard InChI is InChI=1S/C23H32N2O4.CH2O2/c1-28-23(11-13-25(14-12-23)21(26)18-9-15-29-16-10-18)22(27)24-20-8-4-6-17-5-2-3-7-19(17)20;2-1-3/h2-3,5,7,18,20H,4,6,8-16H2,1H3,(H,24,27);1H,(H,2,3). The molecule has 1 unspecified atom stereocenters. The number of methoxy groups -OCH3 is 1. The number of likely N-dealkylation sites (tertiary alicyclic amines) is 1. The molecule has 2 fully saturated rings. The van der Waals surface area contributed by atoms with Gasteiger partial charge in [0.2, 0.25) is 5.91 Å². The Balaban J connectivity index is 0.000000913. The van der Waals surface area contributed by atoms with Crippen molar-refractivity contribution in [3.8, 4) is 0 Å². The predicted octanol–water partition coefficient (Wildman–Crippen LogP) is 2.32. The highest BCUT2D eigenvalue weighted by Crippen LogP contribution is 2.33. The van der Waals surface area contributed by atoms with E-state index in [9.17, 15) is 9.59 Å². The molecule has 8 nitrogen and oxygen atoms in total. The van der Waals surface area contributed by atoms with E-state index in [1.807, 2.05) is 11.0 Å². The van der Waals surface area contributed by atoms with E-state index >= 15 is 0 Å². The lowest BCUT2D eigenvalue weighted by molar-refractivity contribution is -0.156. The maximum atomic E-state index is 13.3. The van der Waals surface area contributed by atoms with Gasteiger partial charge in [0.25, 0.3) is 12.4 Å². The van der Waals surface area contributed by atoms with Crippen molar-refractivity contribution in [1.82, 2.24) is 10.2 Å². The fourth-order valence-electron chi connectivity index (χ4n) is 5.01. The molecule has 0 aromatic heterocycles. The smallest absolute Gasteiger partial charge is 0.290 e. The molecule has 2 amide bonds. The number of carboxylic acid groups (broad SMARTS) is 1. The second kappa shape index (κ2) is 11.4. The molecule has 1 aromatic rings. The van der Waals surface area contributed by atoms with E-state index in [2.05, 4.69) is 23.5 Å². The van der Waals surface area contributed by atoms with Crippen molar-refractivity contribution in [1.29, 1.82) is 0 Å². The number of fused-ring (bicyclic) bond motifs is 1. The van der Waals surface area contributed by atoms with E-state index in [1.165, 1.54) is 11.1 Å². The quantitative estimate of drug-likeness (QED) is 0.688. The molecule has 4 rings (SSSR count). The first-order valence-corrected chi connectivity index (χ1v) is 11.4. The number of nitrogens with one attached hydrogen (secondary N) is 1. The second-order valence-electron chi connectivity index (χ2n) is 8.63. The molecule has 2 saturated heterocycles. The Hall–Kier alpha value is -2.45. The summed E-state index contributed by atoms with van der Waals surface area (Å²) in [6.45, 7) is 2.21. The molecule has 2 aliphatic heterocycles. The summed E-state index contributed by atoms with van der Waals surface area (Å²) in [6, 6.07) is 8.41. The van der Waals surface area contributed by atoms with Crippen LogP contribution in [0.2, 0.25) is 0 Å².